The lowest BCUT2D eigenvalue weighted by molar-refractivity contribution is -0.0498. The van der Waals surface area contributed by atoms with Gasteiger partial charge in [0.2, 0.25) is 0 Å². The molecule has 0 saturated carbocycles. The van der Waals surface area contributed by atoms with Crippen LogP contribution in [-0.2, 0) is 0 Å². The second-order valence-electron chi connectivity index (χ2n) is 6.97. The maximum absolute atomic E-state index is 13.2. The molecule has 9 heteroatoms. The van der Waals surface area contributed by atoms with E-state index in [-0.39, 0.29) is 22.8 Å². The predicted octanol–water partition coefficient (Wildman–Crippen LogP) is 5.25. The molecule has 162 valence electrons. The van der Waals surface area contributed by atoms with Gasteiger partial charge in [0.1, 0.15) is 5.75 Å². The van der Waals surface area contributed by atoms with E-state index in [0.717, 1.165) is 0 Å². The Morgan fingerprint density at radius 3 is 2.59 bits per heavy atom. The Morgan fingerprint density at radius 2 is 1.84 bits per heavy atom. The van der Waals surface area contributed by atoms with Gasteiger partial charge in [-0.3, -0.25) is 9.59 Å². The SMILES string of the molecule is CC(=O)c1ccccc1NC(=O)c1cc(-c2cccc(OC(F)F)c2)nc2onc(C)c12. The normalized spacial score (nSPS) is 11.0. The van der Waals surface area contributed by atoms with Crippen molar-refractivity contribution in [2.24, 2.45) is 0 Å². The van der Waals surface area contributed by atoms with Gasteiger partial charge in [-0.05, 0) is 44.2 Å². The molecule has 4 rings (SSSR count). The Balaban J connectivity index is 1.79. The van der Waals surface area contributed by atoms with Crippen molar-refractivity contribution < 1.29 is 27.6 Å². The molecule has 4 aromatic rings. The first-order chi connectivity index (χ1) is 15.3. The summed E-state index contributed by atoms with van der Waals surface area (Å²) in [5.41, 5.74) is 2.25. The number of nitrogens with one attached hydrogen (secondary N) is 1. The number of hydrogen-bond acceptors (Lipinski definition) is 6. The molecule has 0 aliphatic rings. The molecule has 0 unspecified atom stereocenters. The minimum atomic E-state index is -2.97. The number of aryl methyl sites for hydroxylation is 1. The van der Waals surface area contributed by atoms with E-state index in [1.165, 1.54) is 31.2 Å². The first-order valence-electron chi connectivity index (χ1n) is 9.57. The monoisotopic (exact) mass is 437 g/mol. The molecule has 2 heterocycles. The number of rotatable bonds is 6. The lowest BCUT2D eigenvalue weighted by atomic mass is 10.0. The van der Waals surface area contributed by atoms with Crippen molar-refractivity contribution in [2.75, 3.05) is 5.32 Å². The van der Waals surface area contributed by atoms with Gasteiger partial charge < -0.3 is 14.6 Å². The smallest absolute Gasteiger partial charge is 0.387 e. The summed E-state index contributed by atoms with van der Waals surface area (Å²) in [5.74, 6) is -0.744. The molecule has 0 aliphatic carbocycles. The van der Waals surface area contributed by atoms with Gasteiger partial charge in [-0.2, -0.15) is 8.78 Å². The van der Waals surface area contributed by atoms with Crippen molar-refractivity contribution in [3.63, 3.8) is 0 Å². The van der Waals surface area contributed by atoms with Crippen LogP contribution in [-0.4, -0.2) is 28.4 Å². The number of anilines is 1. The fourth-order valence-electron chi connectivity index (χ4n) is 3.34. The molecular formula is C23H17F2N3O4. The number of benzene rings is 2. The van der Waals surface area contributed by atoms with Crippen LogP contribution in [0.25, 0.3) is 22.4 Å². The number of carbonyl (C=O) groups excluding carboxylic acids is 2. The van der Waals surface area contributed by atoms with E-state index in [4.69, 9.17) is 4.52 Å². The van der Waals surface area contributed by atoms with Crippen molar-refractivity contribution in [3.8, 4) is 17.0 Å². The van der Waals surface area contributed by atoms with Gasteiger partial charge in [0, 0.05) is 11.1 Å². The number of ether oxygens (including phenoxy) is 1. The van der Waals surface area contributed by atoms with E-state index in [0.29, 0.717) is 33.6 Å². The van der Waals surface area contributed by atoms with Crippen LogP contribution >= 0.6 is 0 Å². The standard InChI is InChI=1S/C23H17F2N3O4/c1-12-20-17(21(30)26-18-9-4-3-8-16(18)13(2)29)11-19(27-22(20)32-28-12)14-6-5-7-15(10-14)31-23(24)25/h3-11,23H,1-2H3,(H,26,30). The molecule has 7 nitrogen and oxygen atoms in total. The lowest BCUT2D eigenvalue weighted by Gasteiger charge is -2.11. The second kappa shape index (κ2) is 8.54. The van der Waals surface area contributed by atoms with Crippen LogP contribution in [0.1, 0.15) is 33.3 Å². The number of nitrogens with zero attached hydrogens (tertiary/aromatic N) is 2. The van der Waals surface area contributed by atoms with Crippen LogP contribution in [0, 0.1) is 6.92 Å². The molecular weight excluding hydrogens is 420 g/mol. The number of Topliss-reactive ketones (excluding diaryl/α,β-unsaturated/α-hetero) is 1. The van der Waals surface area contributed by atoms with Crippen LogP contribution in [0.15, 0.2) is 59.1 Å². The maximum Gasteiger partial charge on any atom is 0.387 e. The van der Waals surface area contributed by atoms with Crippen LogP contribution < -0.4 is 10.1 Å². The number of ketones is 1. The summed E-state index contributed by atoms with van der Waals surface area (Å²) in [6.45, 7) is 0.108. The molecule has 0 aliphatic heterocycles. The molecule has 0 spiro atoms. The Labute approximate surface area is 181 Å². The summed E-state index contributed by atoms with van der Waals surface area (Å²) < 4.78 is 34.9. The van der Waals surface area contributed by atoms with Crippen LogP contribution in [0.2, 0.25) is 0 Å². The van der Waals surface area contributed by atoms with Gasteiger partial charge in [-0.1, -0.05) is 29.4 Å². The highest BCUT2D eigenvalue weighted by atomic mass is 19.3. The number of amides is 1. The predicted molar refractivity (Wildman–Crippen MR) is 113 cm³/mol. The van der Waals surface area contributed by atoms with E-state index in [9.17, 15) is 18.4 Å². The second-order valence-corrected chi connectivity index (χ2v) is 6.97. The zero-order chi connectivity index (χ0) is 22.8. The number of fused-ring (bicyclic) bond motifs is 1. The first-order valence-corrected chi connectivity index (χ1v) is 9.57. The molecule has 0 atom stereocenters. The number of halogens is 2. The van der Waals surface area contributed by atoms with Crippen molar-refractivity contribution >= 4 is 28.5 Å². The molecule has 0 saturated heterocycles. The average Bonchev–Trinajstić information content (AvgIpc) is 3.14. The van der Waals surface area contributed by atoms with Crippen LogP contribution in [0.3, 0.4) is 0 Å². The van der Waals surface area contributed by atoms with E-state index >= 15 is 0 Å². The largest absolute Gasteiger partial charge is 0.435 e. The van der Waals surface area contributed by atoms with E-state index in [2.05, 4.69) is 20.2 Å². The minimum absolute atomic E-state index is 0.0467. The van der Waals surface area contributed by atoms with Crippen LogP contribution in [0.4, 0.5) is 14.5 Å². The van der Waals surface area contributed by atoms with Gasteiger partial charge in [0.15, 0.2) is 5.78 Å². The summed E-state index contributed by atoms with van der Waals surface area (Å²) in [6.07, 6.45) is 0. The molecule has 2 aromatic heterocycles. The molecule has 1 amide bonds. The van der Waals surface area contributed by atoms with Crippen molar-refractivity contribution in [2.45, 2.75) is 20.5 Å². The van der Waals surface area contributed by atoms with Gasteiger partial charge in [-0.15, -0.1) is 0 Å². The third kappa shape index (κ3) is 4.18. The highest BCUT2D eigenvalue weighted by molar-refractivity contribution is 6.15. The zero-order valence-electron chi connectivity index (χ0n) is 17.1. The molecule has 1 N–H and O–H groups in total. The highest BCUT2D eigenvalue weighted by Crippen LogP contribution is 2.30. The molecule has 0 bridgehead atoms. The zero-order valence-corrected chi connectivity index (χ0v) is 17.1. The number of carbonyl (C=O) groups is 2. The minimum Gasteiger partial charge on any atom is -0.435 e. The summed E-state index contributed by atoms with van der Waals surface area (Å²) in [6, 6.07) is 14.1. The summed E-state index contributed by atoms with van der Waals surface area (Å²) in [5, 5.41) is 7.05. The summed E-state index contributed by atoms with van der Waals surface area (Å²) in [4.78, 5) is 29.5. The fourth-order valence-corrected chi connectivity index (χ4v) is 3.34. The van der Waals surface area contributed by atoms with Crippen molar-refractivity contribution in [1.29, 1.82) is 0 Å². The highest BCUT2D eigenvalue weighted by Gasteiger charge is 2.21. The van der Waals surface area contributed by atoms with Gasteiger partial charge >= 0.3 is 6.61 Å². The Kier molecular flexibility index (Phi) is 5.63. The topological polar surface area (TPSA) is 94.3 Å². The summed E-state index contributed by atoms with van der Waals surface area (Å²) in [7, 11) is 0. The lowest BCUT2D eigenvalue weighted by Crippen LogP contribution is -2.15. The summed E-state index contributed by atoms with van der Waals surface area (Å²) >= 11 is 0. The van der Waals surface area contributed by atoms with Crippen LogP contribution in [0.5, 0.6) is 5.75 Å². The Bertz CT molecular complexity index is 1330. The quantitative estimate of drug-likeness (QED) is 0.414. The van der Waals surface area contributed by atoms with Gasteiger partial charge in [-0.25, -0.2) is 4.98 Å². The number of alkyl halides is 2. The molecule has 32 heavy (non-hydrogen) atoms. The first kappa shape index (κ1) is 21.1. The van der Waals surface area contributed by atoms with E-state index in [1.807, 2.05) is 0 Å². The van der Waals surface area contributed by atoms with Gasteiger partial charge in [0.05, 0.1) is 28.0 Å². The number of hydrogen-bond donors (Lipinski definition) is 1. The average molecular weight is 437 g/mol. The number of para-hydroxylation sites is 1. The fraction of sp³-hybridized carbons (Fsp3) is 0.130. The maximum atomic E-state index is 13.2. The third-order valence-electron chi connectivity index (χ3n) is 4.77. The Hall–Kier alpha value is -4.14. The molecule has 0 fully saturated rings. The number of pyridine rings is 1. The van der Waals surface area contributed by atoms with Crippen molar-refractivity contribution in [3.05, 3.63) is 71.4 Å². The molecule has 2 aromatic carbocycles. The third-order valence-corrected chi connectivity index (χ3v) is 4.77. The number of aromatic nitrogens is 2. The van der Waals surface area contributed by atoms with Gasteiger partial charge in [0.25, 0.3) is 11.6 Å². The van der Waals surface area contributed by atoms with E-state index < -0.39 is 12.5 Å². The Morgan fingerprint density at radius 1 is 1.06 bits per heavy atom. The molecule has 0 radical (unpaired) electrons. The van der Waals surface area contributed by atoms with Crippen molar-refractivity contribution in [1.82, 2.24) is 10.1 Å². The van der Waals surface area contributed by atoms with E-state index in [1.54, 1.807) is 37.3 Å².